The maximum absolute atomic E-state index is 4.75. The maximum atomic E-state index is 4.75. The first-order valence-electron chi connectivity index (χ1n) is 9.11. The average Bonchev–Trinajstić information content (AvgIpc) is 2.66. The van der Waals surface area contributed by atoms with Crippen molar-refractivity contribution < 1.29 is 9.13 Å². The number of rotatable bonds is 0. The highest BCUT2D eigenvalue weighted by Gasteiger charge is 2.48. The number of fused-ring (bicyclic) bond motifs is 4. The molecule has 6 rings (SSSR count). The molecule has 0 fully saturated rings. The lowest BCUT2D eigenvalue weighted by atomic mass is 9.33. The van der Waals surface area contributed by atoms with E-state index in [1.165, 1.54) is 49.8 Å². The van der Waals surface area contributed by atoms with Gasteiger partial charge in [-0.3, -0.25) is 0 Å². The van der Waals surface area contributed by atoms with Crippen molar-refractivity contribution in [1.29, 1.82) is 0 Å². The van der Waals surface area contributed by atoms with Gasteiger partial charge in [0.25, 0.3) is 0 Å². The summed E-state index contributed by atoms with van der Waals surface area (Å²) >= 11 is 0. The summed E-state index contributed by atoms with van der Waals surface area (Å²) < 4.78 is 4.57. The van der Waals surface area contributed by atoms with Crippen molar-refractivity contribution in [1.82, 2.24) is 4.98 Å². The Morgan fingerprint density at radius 3 is 2.62 bits per heavy atom. The molecule has 2 aromatic heterocycles. The van der Waals surface area contributed by atoms with Crippen LogP contribution in [0.25, 0.3) is 21.9 Å². The molecule has 122 valence electrons. The summed E-state index contributed by atoms with van der Waals surface area (Å²) in [5.41, 5.74) is 9.51. The Bertz CT molecular complexity index is 1250. The molecule has 4 heteroatoms. The van der Waals surface area contributed by atoms with Crippen LogP contribution in [0.5, 0.6) is 0 Å². The van der Waals surface area contributed by atoms with Crippen LogP contribution in [-0.4, -0.2) is 11.7 Å². The van der Waals surface area contributed by atoms with E-state index in [9.17, 15) is 0 Å². The quantitative estimate of drug-likeness (QED) is 0.289. The average molecular weight is 335 g/mol. The van der Waals surface area contributed by atoms with Crippen LogP contribution in [0.2, 0.25) is 0 Å². The predicted octanol–water partition coefficient (Wildman–Crippen LogP) is 0.285. The summed E-state index contributed by atoms with van der Waals surface area (Å²) in [6.07, 6.45) is 7.10. The molecule has 0 amide bonds. The van der Waals surface area contributed by atoms with E-state index in [0.717, 1.165) is 6.42 Å². The van der Waals surface area contributed by atoms with E-state index in [1.807, 2.05) is 6.20 Å². The van der Waals surface area contributed by atoms with Crippen molar-refractivity contribution in [2.75, 3.05) is 0 Å². The van der Waals surface area contributed by atoms with Gasteiger partial charge in [-0.05, 0) is 27.5 Å². The third-order valence-corrected chi connectivity index (χ3v) is 6.09. The van der Waals surface area contributed by atoms with E-state index < -0.39 is 0 Å². The SMILES string of the molecule is C[n+]1ccnc2c1B1c3c(cccc3-c3cccc4cc[n+](C)c1c34)C2. The lowest BCUT2D eigenvalue weighted by molar-refractivity contribution is -0.658. The molecule has 0 N–H and O–H groups in total. The van der Waals surface area contributed by atoms with Crippen molar-refractivity contribution in [3.8, 4) is 11.1 Å². The summed E-state index contributed by atoms with van der Waals surface area (Å²) in [4.78, 5) is 4.75. The Hall–Kier alpha value is -3.01. The maximum Gasteiger partial charge on any atom is 0.410 e. The Balaban J connectivity index is 1.87. The molecule has 0 saturated carbocycles. The third-order valence-electron chi connectivity index (χ3n) is 6.09. The molecule has 0 unspecified atom stereocenters. The summed E-state index contributed by atoms with van der Waals surface area (Å²) in [6.45, 7) is 0.229. The van der Waals surface area contributed by atoms with Crippen LogP contribution in [0.1, 0.15) is 11.3 Å². The van der Waals surface area contributed by atoms with Gasteiger partial charge in [0, 0.05) is 17.9 Å². The van der Waals surface area contributed by atoms with E-state index in [4.69, 9.17) is 4.98 Å². The first-order chi connectivity index (χ1) is 12.7. The number of hydrogen-bond donors (Lipinski definition) is 0. The number of pyridine rings is 1. The Morgan fingerprint density at radius 1 is 0.885 bits per heavy atom. The molecule has 3 nitrogen and oxygen atoms in total. The second-order valence-electron chi connectivity index (χ2n) is 7.44. The zero-order valence-corrected chi connectivity index (χ0v) is 14.9. The monoisotopic (exact) mass is 335 g/mol. The number of hydrogen-bond acceptors (Lipinski definition) is 1. The Labute approximate surface area is 152 Å². The third kappa shape index (κ3) is 1.62. The topological polar surface area (TPSA) is 20.6 Å². The predicted molar refractivity (Wildman–Crippen MR) is 103 cm³/mol. The summed E-state index contributed by atoms with van der Waals surface area (Å²) in [6, 6.07) is 15.7. The first kappa shape index (κ1) is 14.2. The molecule has 4 aromatic rings. The van der Waals surface area contributed by atoms with Crippen LogP contribution >= 0.6 is 0 Å². The normalized spacial score (nSPS) is 13.5. The molecule has 0 atom stereocenters. The largest absolute Gasteiger partial charge is 0.410 e. The van der Waals surface area contributed by atoms with Crippen LogP contribution < -0.4 is 25.8 Å². The molecule has 0 radical (unpaired) electrons. The fourth-order valence-corrected chi connectivity index (χ4v) is 5.02. The van der Waals surface area contributed by atoms with E-state index in [-0.39, 0.29) is 6.71 Å². The highest BCUT2D eigenvalue weighted by molar-refractivity contribution is 6.97. The first-order valence-corrected chi connectivity index (χ1v) is 9.11. The van der Waals surface area contributed by atoms with Gasteiger partial charge in [0.15, 0.2) is 23.6 Å². The molecule has 0 saturated heterocycles. The molecule has 0 bridgehead atoms. The molecule has 26 heavy (non-hydrogen) atoms. The molecule has 0 spiro atoms. The minimum atomic E-state index is 0.229. The van der Waals surface area contributed by atoms with Gasteiger partial charge in [-0.1, -0.05) is 36.4 Å². The zero-order valence-electron chi connectivity index (χ0n) is 14.9. The molecule has 4 heterocycles. The van der Waals surface area contributed by atoms with Gasteiger partial charge in [0.05, 0.1) is 6.20 Å². The molecular weight excluding hydrogens is 317 g/mol. The van der Waals surface area contributed by atoms with Gasteiger partial charge in [-0.15, -0.1) is 0 Å². The lowest BCUT2D eigenvalue weighted by Crippen LogP contribution is -2.74. The second kappa shape index (κ2) is 4.79. The van der Waals surface area contributed by atoms with E-state index in [0.29, 0.717) is 0 Å². The second-order valence-corrected chi connectivity index (χ2v) is 7.44. The smallest absolute Gasteiger partial charge is 0.249 e. The van der Waals surface area contributed by atoms with Gasteiger partial charge < -0.3 is 0 Å². The van der Waals surface area contributed by atoms with Crippen LogP contribution in [0.15, 0.2) is 61.1 Å². The molecule has 2 aliphatic heterocycles. The zero-order chi connectivity index (χ0) is 17.4. The van der Waals surface area contributed by atoms with Crippen LogP contribution in [0.4, 0.5) is 0 Å². The minimum Gasteiger partial charge on any atom is -0.249 e. The number of aryl methyl sites for hydroxylation is 2. The number of nitrogens with zero attached hydrogens (tertiary/aromatic N) is 3. The van der Waals surface area contributed by atoms with Gasteiger partial charge in [0.2, 0.25) is 0 Å². The molecule has 0 aliphatic carbocycles. The molecule has 2 aromatic carbocycles. The van der Waals surface area contributed by atoms with Gasteiger partial charge in [0.1, 0.15) is 19.8 Å². The highest BCUT2D eigenvalue weighted by atomic mass is 15.0. The van der Waals surface area contributed by atoms with E-state index in [1.54, 1.807) is 0 Å². The summed E-state index contributed by atoms with van der Waals surface area (Å²) in [5, 5.41) is 2.69. The standard InChI is InChI=1S/C22H18BN3/c1-25-11-9-14-5-3-7-16-17-8-4-6-15-13-18-21(26(2)12-10-24-18)23(20(15)17)22(25)19(14)16/h3-12H,13H2,1-2H3/q+2. The number of benzene rings is 2. The van der Waals surface area contributed by atoms with Crippen LogP contribution in [0, 0.1) is 0 Å². The van der Waals surface area contributed by atoms with Gasteiger partial charge in [-0.2, -0.15) is 0 Å². The highest BCUT2D eigenvalue weighted by Crippen LogP contribution is 2.31. The number of aromatic nitrogens is 3. The van der Waals surface area contributed by atoms with Gasteiger partial charge in [-0.25, -0.2) is 14.1 Å². The van der Waals surface area contributed by atoms with Gasteiger partial charge >= 0.3 is 6.71 Å². The summed E-state index contributed by atoms with van der Waals surface area (Å²) in [5.74, 6) is 0. The van der Waals surface area contributed by atoms with Crippen molar-refractivity contribution in [2.24, 2.45) is 14.1 Å². The Kier molecular flexibility index (Phi) is 2.61. The molecule has 2 aliphatic rings. The van der Waals surface area contributed by atoms with Crippen LogP contribution in [0.3, 0.4) is 0 Å². The summed E-state index contributed by atoms with van der Waals surface area (Å²) in [7, 11) is 4.32. The minimum absolute atomic E-state index is 0.229. The fraction of sp³-hybridized carbons (Fsp3) is 0.136. The van der Waals surface area contributed by atoms with Crippen molar-refractivity contribution >= 4 is 34.1 Å². The van der Waals surface area contributed by atoms with Crippen molar-refractivity contribution in [3.63, 3.8) is 0 Å². The molecular formula is C22H18BN3+2. The Morgan fingerprint density at radius 2 is 1.69 bits per heavy atom. The van der Waals surface area contributed by atoms with E-state index >= 15 is 0 Å². The lowest BCUT2D eigenvalue weighted by Gasteiger charge is -2.28. The van der Waals surface area contributed by atoms with Crippen LogP contribution in [-0.2, 0) is 20.5 Å². The van der Waals surface area contributed by atoms with Crippen molar-refractivity contribution in [3.05, 3.63) is 72.3 Å². The van der Waals surface area contributed by atoms with Crippen molar-refractivity contribution in [2.45, 2.75) is 6.42 Å². The fourth-order valence-electron chi connectivity index (χ4n) is 5.02. The van der Waals surface area contributed by atoms with E-state index in [2.05, 4.69) is 78.1 Å².